The van der Waals surface area contributed by atoms with Crippen molar-refractivity contribution in [3.8, 4) is 0 Å². The first-order chi connectivity index (χ1) is 14.1. The first-order valence-corrected chi connectivity index (χ1v) is 9.45. The van der Waals surface area contributed by atoms with Gasteiger partial charge in [-0.15, -0.1) is 0 Å². The number of carbonyl (C=O) groups excluding carboxylic acids is 1. The summed E-state index contributed by atoms with van der Waals surface area (Å²) in [7, 11) is 1.45. The molecule has 0 aromatic carbocycles. The van der Waals surface area contributed by atoms with Crippen LogP contribution in [0.2, 0.25) is 0 Å². The largest absolute Gasteiger partial charge is 0.454 e. The number of aryl methyl sites for hydroxylation is 1. The summed E-state index contributed by atoms with van der Waals surface area (Å²) in [5.41, 5.74) is 7.19. The first-order valence-electron chi connectivity index (χ1n) is 9.45. The van der Waals surface area contributed by atoms with E-state index in [1.54, 1.807) is 20.8 Å². The number of hydrogen-bond donors (Lipinski definition) is 1. The van der Waals surface area contributed by atoms with Crippen molar-refractivity contribution in [2.24, 2.45) is 10.5 Å². The minimum atomic E-state index is -1.10. The molecule has 1 aromatic heterocycles. The van der Waals surface area contributed by atoms with Crippen LogP contribution in [0.5, 0.6) is 0 Å². The van der Waals surface area contributed by atoms with E-state index in [1.165, 1.54) is 20.2 Å². The summed E-state index contributed by atoms with van der Waals surface area (Å²) in [5, 5.41) is 3.79. The van der Waals surface area contributed by atoms with Crippen molar-refractivity contribution in [2.75, 3.05) is 13.7 Å². The maximum absolute atomic E-state index is 12.6. The molecule has 0 unspecified atom stereocenters. The molecule has 0 aliphatic carbocycles. The van der Waals surface area contributed by atoms with Crippen LogP contribution >= 0.6 is 0 Å². The van der Waals surface area contributed by atoms with Gasteiger partial charge in [-0.1, -0.05) is 5.11 Å². The highest BCUT2D eigenvalue weighted by Crippen LogP contribution is 2.40. The molecule has 1 aromatic rings. The fraction of sp³-hybridized carbons (Fsp3) is 0.722. The van der Waals surface area contributed by atoms with Crippen LogP contribution < -0.4 is 11.2 Å². The Morgan fingerprint density at radius 3 is 2.67 bits per heavy atom. The molecule has 2 aliphatic rings. The van der Waals surface area contributed by atoms with Gasteiger partial charge in [0.05, 0.1) is 24.2 Å². The lowest BCUT2D eigenvalue weighted by Crippen LogP contribution is -2.54. The number of esters is 1. The molecule has 2 saturated heterocycles. The van der Waals surface area contributed by atoms with Crippen LogP contribution in [0.1, 0.15) is 32.6 Å². The van der Waals surface area contributed by atoms with Crippen molar-refractivity contribution in [3.63, 3.8) is 0 Å². The second kappa shape index (κ2) is 8.23. The molecule has 0 radical (unpaired) electrons. The molecule has 0 spiro atoms. The van der Waals surface area contributed by atoms with Crippen LogP contribution in [0.15, 0.2) is 20.9 Å². The summed E-state index contributed by atoms with van der Waals surface area (Å²) >= 11 is 0. The number of carbonyl (C=O) groups is 1. The van der Waals surface area contributed by atoms with E-state index in [0.717, 1.165) is 4.57 Å². The number of aromatic nitrogens is 2. The lowest BCUT2D eigenvalue weighted by molar-refractivity contribution is -0.173. The number of hydrogen-bond acceptors (Lipinski definition) is 8. The monoisotopic (exact) mass is 423 g/mol. The number of azide groups is 1. The van der Waals surface area contributed by atoms with E-state index in [9.17, 15) is 14.4 Å². The minimum Gasteiger partial charge on any atom is -0.454 e. The third-order valence-electron chi connectivity index (χ3n) is 5.16. The normalized spacial score (nSPS) is 31.0. The number of ether oxygens (including phenoxy) is 4. The third-order valence-corrected chi connectivity index (χ3v) is 5.16. The molecule has 0 bridgehead atoms. The van der Waals surface area contributed by atoms with E-state index in [4.69, 9.17) is 24.5 Å². The zero-order valence-electron chi connectivity index (χ0n) is 17.4. The number of rotatable bonds is 4. The molecule has 164 valence electrons. The summed E-state index contributed by atoms with van der Waals surface area (Å²) in [4.78, 5) is 42.0. The number of nitrogens with zero attached hydrogens (tertiary/aromatic N) is 4. The average molecular weight is 423 g/mol. The van der Waals surface area contributed by atoms with Gasteiger partial charge >= 0.3 is 11.7 Å². The van der Waals surface area contributed by atoms with Crippen molar-refractivity contribution in [2.45, 2.75) is 64.4 Å². The van der Waals surface area contributed by atoms with Gasteiger partial charge in [0, 0.05) is 23.8 Å². The van der Waals surface area contributed by atoms with Crippen LogP contribution in [0.4, 0.5) is 0 Å². The molecule has 3 heterocycles. The summed E-state index contributed by atoms with van der Waals surface area (Å²) < 4.78 is 24.1. The van der Waals surface area contributed by atoms with Gasteiger partial charge in [-0.25, -0.2) is 4.79 Å². The standard InChI is InChI=1S/C18H25N5O7/c1-8-6-23(17(26)20-14(8)24)15-13(30-16(25)18(2,3)4)12-11(29-15)10(21-22-19)9(27-5)7-28-12/h6,9-13,15H,7H2,1-5H3,(H,20,24,26)/t9-,10-,11-,12-,13-,15-/m1/s1. The van der Waals surface area contributed by atoms with Gasteiger partial charge in [-0.05, 0) is 33.2 Å². The fourth-order valence-electron chi connectivity index (χ4n) is 3.48. The Bertz CT molecular complexity index is 974. The van der Waals surface area contributed by atoms with E-state index in [1.807, 2.05) is 0 Å². The van der Waals surface area contributed by atoms with Gasteiger partial charge in [0.15, 0.2) is 12.3 Å². The fourth-order valence-corrected chi connectivity index (χ4v) is 3.48. The highest BCUT2D eigenvalue weighted by molar-refractivity contribution is 5.75. The summed E-state index contributed by atoms with van der Waals surface area (Å²) in [6.45, 7) is 6.70. The van der Waals surface area contributed by atoms with Crippen LogP contribution in [-0.4, -0.2) is 59.7 Å². The topological polar surface area (TPSA) is 158 Å². The van der Waals surface area contributed by atoms with Crippen molar-refractivity contribution in [1.29, 1.82) is 0 Å². The molecule has 12 nitrogen and oxygen atoms in total. The highest BCUT2D eigenvalue weighted by Gasteiger charge is 2.56. The lowest BCUT2D eigenvalue weighted by atomic mass is 9.95. The van der Waals surface area contributed by atoms with Crippen LogP contribution in [0.25, 0.3) is 10.4 Å². The molecule has 6 atom stereocenters. The molecule has 2 fully saturated rings. The number of aromatic amines is 1. The zero-order valence-corrected chi connectivity index (χ0v) is 17.4. The van der Waals surface area contributed by atoms with Gasteiger partial charge in [0.1, 0.15) is 12.2 Å². The second-order valence-electron chi connectivity index (χ2n) is 8.36. The van der Waals surface area contributed by atoms with Crippen molar-refractivity contribution in [3.05, 3.63) is 43.0 Å². The molecule has 2 aliphatic heterocycles. The predicted molar refractivity (Wildman–Crippen MR) is 103 cm³/mol. The maximum Gasteiger partial charge on any atom is 0.330 e. The molecule has 0 amide bonds. The van der Waals surface area contributed by atoms with Crippen molar-refractivity contribution < 1.29 is 23.7 Å². The number of nitrogens with one attached hydrogen (secondary N) is 1. The highest BCUT2D eigenvalue weighted by atomic mass is 16.6. The van der Waals surface area contributed by atoms with Crippen LogP contribution in [0.3, 0.4) is 0 Å². The summed E-state index contributed by atoms with van der Waals surface area (Å²) in [6.07, 6.45) is -2.99. The van der Waals surface area contributed by atoms with Crippen LogP contribution in [-0.2, 0) is 23.7 Å². The first kappa shape index (κ1) is 22.0. The Balaban J connectivity index is 2.06. The molecular weight excluding hydrogens is 398 g/mol. The predicted octanol–water partition coefficient (Wildman–Crippen LogP) is 0.793. The van der Waals surface area contributed by atoms with E-state index in [2.05, 4.69) is 15.0 Å². The van der Waals surface area contributed by atoms with Gasteiger partial charge in [-0.3, -0.25) is 19.1 Å². The molecule has 0 saturated carbocycles. The average Bonchev–Trinajstić information content (AvgIpc) is 3.03. The summed E-state index contributed by atoms with van der Waals surface area (Å²) in [6, 6.07) is -0.765. The SMILES string of the molecule is CO[C@@H]1CO[C@@H]2[C@H](O[C@@H](n3cc(C)c(=O)[nH]c3=O)[C@@H]2OC(=O)C(C)(C)C)[C@@H]1N=[N+]=[N-]. The van der Waals surface area contributed by atoms with E-state index in [-0.39, 0.29) is 12.2 Å². The van der Waals surface area contributed by atoms with Crippen LogP contribution in [0, 0.1) is 12.3 Å². The summed E-state index contributed by atoms with van der Waals surface area (Å²) in [5.74, 6) is -0.520. The molecule has 12 heteroatoms. The minimum absolute atomic E-state index is 0.0839. The van der Waals surface area contributed by atoms with E-state index in [0.29, 0.717) is 0 Å². The number of fused-ring (bicyclic) bond motifs is 1. The van der Waals surface area contributed by atoms with Crippen molar-refractivity contribution in [1.82, 2.24) is 9.55 Å². The maximum atomic E-state index is 12.6. The molecule has 30 heavy (non-hydrogen) atoms. The molecule has 1 N–H and O–H groups in total. The smallest absolute Gasteiger partial charge is 0.330 e. The Kier molecular flexibility index (Phi) is 6.04. The van der Waals surface area contributed by atoms with Gasteiger partial charge in [-0.2, -0.15) is 0 Å². The third kappa shape index (κ3) is 3.99. The number of methoxy groups -OCH3 is 1. The second-order valence-corrected chi connectivity index (χ2v) is 8.36. The van der Waals surface area contributed by atoms with E-state index >= 15 is 0 Å². The molecular formula is C18H25N5O7. The Morgan fingerprint density at radius 2 is 2.07 bits per heavy atom. The Labute approximate surface area is 171 Å². The van der Waals surface area contributed by atoms with Gasteiger partial charge in [0.2, 0.25) is 0 Å². The van der Waals surface area contributed by atoms with Gasteiger partial charge in [0.25, 0.3) is 5.56 Å². The zero-order chi connectivity index (χ0) is 22.2. The molecule has 3 rings (SSSR count). The Morgan fingerprint density at radius 1 is 1.37 bits per heavy atom. The Hall–Kier alpha value is -2.66. The quantitative estimate of drug-likeness (QED) is 0.324. The number of H-pyrrole nitrogens is 1. The van der Waals surface area contributed by atoms with E-state index < -0.39 is 59.3 Å². The lowest BCUT2D eigenvalue weighted by Gasteiger charge is -2.36. The van der Waals surface area contributed by atoms with Crippen molar-refractivity contribution >= 4 is 5.97 Å². The van der Waals surface area contributed by atoms with Gasteiger partial charge < -0.3 is 18.9 Å².